The van der Waals surface area contributed by atoms with E-state index in [1.54, 1.807) is 37.8 Å². The van der Waals surface area contributed by atoms with Gasteiger partial charge in [0, 0.05) is 30.3 Å². The molecule has 1 fully saturated rings. The molecule has 0 radical (unpaired) electrons. The molecule has 0 aliphatic carbocycles. The van der Waals surface area contributed by atoms with Crippen LogP contribution >= 0.6 is 0 Å². The zero-order valence-corrected chi connectivity index (χ0v) is 19.0. The Balaban J connectivity index is 1.60. The van der Waals surface area contributed by atoms with E-state index in [0.29, 0.717) is 34.9 Å². The molecule has 172 valence electrons. The molecular weight excluding hydrogens is 432 g/mol. The van der Waals surface area contributed by atoms with Crippen LogP contribution in [0.3, 0.4) is 0 Å². The molecule has 1 amide bonds. The van der Waals surface area contributed by atoms with Crippen molar-refractivity contribution in [3.63, 3.8) is 0 Å². The first-order chi connectivity index (χ1) is 16.6. The van der Waals surface area contributed by atoms with Crippen molar-refractivity contribution in [2.24, 2.45) is 0 Å². The number of carbonyl (C=O) groups is 1. The third-order valence-corrected chi connectivity index (χ3v) is 6.13. The number of anilines is 1. The molecule has 1 N–H and O–H groups in total. The van der Waals surface area contributed by atoms with Gasteiger partial charge in [-0.3, -0.25) is 14.8 Å². The van der Waals surface area contributed by atoms with Gasteiger partial charge in [-0.1, -0.05) is 0 Å². The number of carbonyl (C=O) groups excluding carboxylic acids is 1. The van der Waals surface area contributed by atoms with Gasteiger partial charge < -0.3 is 19.4 Å². The monoisotopic (exact) mass is 456 g/mol. The van der Waals surface area contributed by atoms with Gasteiger partial charge in [-0.2, -0.15) is 5.26 Å². The average Bonchev–Trinajstić information content (AvgIpc) is 3.22. The zero-order chi connectivity index (χ0) is 23.7. The minimum Gasteiger partial charge on any atom is -0.494 e. The smallest absolute Gasteiger partial charge is 0.232 e. The second-order valence-electron chi connectivity index (χ2n) is 8.39. The van der Waals surface area contributed by atoms with E-state index in [0.717, 1.165) is 29.3 Å². The van der Waals surface area contributed by atoms with Crippen LogP contribution in [0.15, 0.2) is 42.9 Å². The molecular formula is C25H24N6O3. The van der Waals surface area contributed by atoms with Crippen LogP contribution in [0.1, 0.15) is 37.2 Å². The van der Waals surface area contributed by atoms with Gasteiger partial charge in [0.2, 0.25) is 5.91 Å². The maximum absolute atomic E-state index is 13.1. The summed E-state index contributed by atoms with van der Waals surface area (Å²) in [4.78, 5) is 26.5. The second kappa shape index (κ2) is 9.08. The molecule has 9 heteroatoms. The quantitative estimate of drug-likeness (QED) is 0.486. The fourth-order valence-corrected chi connectivity index (χ4v) is 4.61. The van der Waals surface area contributed by atoms with Crippen molar-refractivity contribution in [1.82, 2.24) is 19.5 Å². The van der Waals surface area contributed by atoms with Crippen LogP contribution in [-0.4, -0.2) is 45.2 Å². The molecule has 4 aromatic rings. The van der Waals surface area contributed by atoms with E-state index in [1.165, 1.54) is 0 Å². The van der Waals surface area contributed by atoms with E-state index < -0.39 is 0 Å². The van der Waals surface area contributed by atoms with Gasteiger partial charge in [-0.25, -0.2) is 4.98 Å². The number of aromatic nitrogens is 4. The van der Waals surface area contributed by atoms with Crippen LogP contribution < -0.4 is 10.1 Å². The van der Waals surface area contributed by atoms with Gasteiger partial charge in [-0.05, 0) is 38.0 Å². The maximum atomic E-state index is 13.1. The van der Waals surface area contributed by atoms with Crippen LogP contribution in [0, 0.1) is 11.3 Å². The lowest BCUT2D eigenvalue weighted by atomic mass is 10.0. The maximum Gasteiger partial charge on any atom is 0.232 e. The van der Waals surface area contributed by atoms with Crippen LogP contribution in [0.25, 0.3) is 21.9 Å². The molecule has 1 aromatic carbocycles. The number of nitrogens with zero attached hydrogens (tertiary/aromatic N) is 5. The number of amides is 1. The number of pyridine rings is 2. The van der Waals surface area contributed by atoms with Crippen molar-refractivity contribution in [2.45, 2.75) is 38.3 Å². The Morgan fingerprint density at radius 2 is 2.21 bits per heavy atom. The number of ether oxygens (including phenoxy) is 2. The van der Waals surface area contributed by atoms with Crippen molar-refractivity contribution in [1.29, 1.82) is 5.26 Å². The fraction of sp³-hybridized carbons (Fsp3) is 0.320. The average molecular weight is 457 g/mol. The molecule has 0 spiro atoms. The minimum atomic E-state index is -0.224. The van der Waals surface area contributed by atoms with E-state index in [1.807, 2.05) is 12.1 Å². The van der Waals surface area contributed by atoms with Crippen LogP contribution in [0.2, 0.25) is 0 Å². The Morgan fingerprint density at radius 1 is 1.32 bits per heavy atom. The SMILES string of the molecule is COc1ccncc1NC(=O)Cc1nc2cnc3ccc(C#N)cc3c2n1[C@@H]1CCO[C@H](C)C1. The van der Waals surface area contributed by atoms with Crippen molar-refractivity contribution < 1.29 is 14.3 Å². The molecule has 9 nitrogen and oxygen atoms in total. The highest BCUT2D eigenvalue weighted by Crippen LogP contribution is 2.34. The first-order valence-corrected chi connectivity index (χ1v) is 11.2. The van der Waals surface area contributed by atoms with E-state index in [9.17, 15) is 10.1 Å². The Kier molecular flexibility index (Phi) is 5.82. The normalized spacial score (nSPS) is 18.0. The Morgan fingerprint density at radius 3 is 3.00 bits per heavy atom. The van der Waals surface area contributed by atoms with E-state index in [4.69, 9.17) is 14.5 Å². The summed E-state index contributed by atoms with van der Waals surface area (Å²) in [6.07, 6.45) is 6.67. The predicted octanol–water partition coefficient (Wildman–Crippen LogP) is 3.78. The number of hydrogen-bond donors (Lipinski definition) is 1. The molecule has 1 saturated heterocycles. The molecule has 0 bridgehead atoms. The van der Waals surface area contributed by atoms with E-state index in [-0.39, 0.29) is 24.5 Å². The number of fused-ring (bicyclic) bond motifs is 3. The highest BCUT2D eigenvalue weighted by Gasteiger charge is 2.27. The lowest BCUT2D eigenvalue weighted by molar-refractivity contribution is -0.115. The molecule has 0 saturated carbocycles. The summed E-state index contributed by atoms with van der Waals surface area (Å²) in [6, 6.07) is 9.46. The highest BCUT2D eigenvalue weighted by atomic mass is 16.5. The molecule has 2 atom stereocenters. The number of nitrogens with one attached hydrogen (secondary N) is 1. The summed E-state index contributed by atoms with van der Waals surface area (Å²) < 4.78 is 13.3. The fourth-order valence-electron chi connectivity index (χ4n) is 4.61. The van der Waals surface area contributed by atoms with Crippen molar-refractivity contribution in [3.05, 3.63) is 54.2 Å². The first-order valence-electron chi connectivity index (χ1n) is 11.2. The Hall–Kier alpha value is -4.03. The largest absolute Gasteiger partial charge is 0.494 e. The van der Waals surface area contributed by atoms with Crippen molar-refractivity contribution in [3.8, 4) is 11.8 Å². The standard InChI is InChI=1S/C25H24N6O3/c1-15-9-17(6-8-34-15)31-23(11-24(32)30-20-13-27-7-5-22(20)33-2)29-21-14-28-19-4-3-16(12-26)10-18(19)25(21)31/h3-5,7,10,13-15,17H,6,8-9,11H2,1-2H3,(H,30,32)/t15-,17-/m1/s1. The number of hydrogen-bond acceptors (Lipinski definition) is 7. The molecule has 5 rings (SSSR count). The number of imidazole rings is 1. The number of benzene rings is 1. The van der Waals surface area contributed by atoms with Crippen LogP contribution in [0.4, 0.5) is 5.69 Å². The molecule has 1 aliphatic heterocycles. The van der Waals surface area contributed by atoms with Gasteiger partial charge in [0.1, 0.15) is 22.8 Å². The lowest BCUT2D eigenvalue weighted by Gasteiger charge is -2.30. The van der Waals surface area contributed by atoms with E-state index in [2.05, 4.69) is 32.8 Å². The van der Waals surface area contributed by atoms with Gasteiger partial charge in [0.25, 0.3) is 0 Å². The summed E-state index contributed by atoms with van der Waals surface area (Å²) in [5.41, 5.74) is 3.43. The minimum absolute atomic E-state index is 0.0674. The number of nitriles is 1. The summed E-state index contributed by atoms with van der Waals surface area (Å²) in [6.45, 7) is 2.69. The Bertz CT molecular complexity index is 1420. The van der Waals surface area contributed by atoms with Crippen LogP contribution in [0.5, 0.6) is 5.75 Å². The molecule has 4 heterocycles. The summed E-state index contributed by atoms with van der Waals surface area (Å²) in [5, 5.41) is 13.2. The molecule has 1 aliphatic rings. The second-order valence-corrected chi connectivity index (χ2v) is 8.39. The Labute approximate surface area is 196 Å². The number of methoxy groups -OCH3 is 1. The van der Waals surface area contributed by atoms with Crippen molar-refractivity contribution in [2.75, 3.05) is 19.0 Å². The zero-order valence-electron chi connectivity index (χ0n) is 19.0. The predicted molar refractivity (Wildman–Crippen MR) is 127 cm³/mol. The number of rotatable bonds is 5. The molecule has 0 unspecified atom stereocenters. The third-order valence-electron chi connectivity index (χ3n) is 6.13. The third kappa shape index (κ3) is 4.04. The highest BCUT2D eigenvalue weighted by molar-refractivity contribution is 6.03. The molecule has 34 heavy (non-hydrogen) atoms. The van der Waals surface area contributed by atoms with Gasteiger partial charge in [-0.15, -0.1) is 0 Å². The van der Waals surface area contributed by atoms with Gasteiger partial charge in [0.05, 0.1) is 54.7 Å². The van der Waals surface area contributed by atoms with Gasteiger partial charge >= 0.3 is 0 Å². The van der Waals surface area contributed by atoms with Crippen LogP contribution in [-0.2, 0) is 16.0 Å². The van der Waals surface area contributed by atoms with Crippen molar-refractivity contribution >= 4 is 33.5 Å². The van der Waals surface area contributed by atoms with E-state index >= 15 is 0 Å². The lowest BCUT2D eigenvalue weighted by Crippen LogP contribution is -2.27. The summed E-state index contributed by atoms with van der Waals surface area (Å²) >= 11 is 0. The summed E-state index contributed by atoms with van der Waals surface area (Å²) in [7, 11) is 1.55. The summed E-state index contributed by atoms with van der Waals surface area (Å²) in [5.74, 6) is 0.957. The molecule has 3 aromatic heterocycles. The first kappa shape index (κ1) is 21.8. The van der Waals surface area contributed by atoms with Gasteiger partial charge in [0.15, 0.2) is 0 Å². The topological polar surface area (TPSA) is 115 Å².